The van der Waals surface area contributed by atoms with Crippen LogP contribution < -0.4 is 5.73 Å². The molecule has 2 heteroatoms. The zero-order chi connectivity index (χ0) is 10.6. The Balaban J connectivity index is 2.99. The maximum atomic E-state index is 12.7. The maximum Gasteiger partial charge on any atom is 0.123 e. The van der Waals surface area contributed by atoms with Crippen LogP contribution in [0.5, 0.6) is 0 Å². The van der Waals surface area contributed by atoms with E-state index in [1.807, 2.05) is 6.08 Å². The van der Waals surface area contributed by atoms with Gasteiger partial charge in [0.2, 0.25) is 0 Å². The van der Waals surface area contributed by atoms with Gasteiger partial charge in [-0.1, -0.05) is 25.1 Å². The Kier molecular flexibility index (Phi) is 3.42. The van der Waals surface area contributed by atoms with Gasteiger partial charge in [-0.3, -0.25) is 0 Å². The van der Waals surface area contributed by atoms with Crippen molar-refractivity contribution in [3.8, 4) is 0 Å². The number of allylic oxidation sites excluding steroid dienone is 1. The van der Waals surface area contributed by atoms with E-state index in [9.17, 15) is 4.39 Å². The molecule has 1 nitrogen and oxygen atoms in total. The van der Waals surface area contributed by atoms with Crippen LogP contribution in [0, 0.1) is 5.82 Å². The van der Waals surface area contributed by atoms with E-state index in [1.165, 1.54) is 12.1 Å². The molecule has 0 aliphatic heterocycles. The SMILES string of the molecule is C=CCC(C)(CN)c1ccc(F)cc1. The lowest BCUT2D eigenvalue weighted by Gasteiger charge is -2.27. The largest absolute Gasteiger partial charge is 0.330 e. The Hall–Kier alpha value is -1.15. The highest BCUT2D eigenvalue weighted by molar-refractivity contribution is 5.26. The molecule has 1 rings (SSSR count). The molecule has 0 aromatic heterocycles. The zero-order valence-corrected chi connectivity index (χ0v) is 8.46. The average molecular weight is 193 g/mol. The van der Waals surface area contributed by atoms with Gasteiger partial charge in [-0.15, -0.1) is 6.58 Å². The Morgan fingerprint density at radius 1 is 1.43 bits per heavy atom. The van der Waals surface area contributed by atoms with Gasteiger partial charge in [-0.25, -0.2) is 4.39 Å². The molecular formula is C12H16FN. The molecule has 1 aromatic rings. The molecular weight excluding hydrogens is 177 g/mol. The smallest absolute Gasteiger partial charge is 0.123 e. The second-order valence-corrected chi connectivity index (χ2v) is 3.76. The van der Waals surface area contributed by atoms with Crippen molar-refractivity contribution in [2.24, 2.45) is 5.73 Å². The summed E-state index contributed by atoms with van der Waals surface area (Å²) >= 11 is 0. The van der Waals surface area contributed by atoms with Crippen LogP contribution in [0.4, 0.5) is 4.39 Å². The van der Waals surface area contributed by atoms with Crippen molar-refractivity contribution in [3.05, 3.63) is 48.3 Å². The summed E-state index contributed by atoms with van der Waals surface area (Å²) in [5.74, 6) is -0.216. The van der Waals surface area contributed by atoms with Gasteiger partial charge < -0.3 is 5.73 Å². The monoisotopic (exact) mass is 193 g/mol. The van der Waals surface area contributed by atoms with Crippen LogP contribution in [-0.4, -0.2) is 6.54 Å². The van der Waals surface area contributed by atoms with Crippen molar-refractivity contribution in [3.63, 3.8) is 0 Å². The highest BCUT2D eigenvalue weighted by Crippen LogP contribution is 2.26. The Labute approximate surface area is 84.4 Å². The molecule has 76 valence electrons. The minimum Gasteiger partial charge on any atom is -0.330 e. The molecule has 0 saturated heterocycles. The van der Waals surface area contributed by atoms with Crippen LogP contribution in [0.2, 0.25) is 0 Å². The first-order chi connectivity index (χ1) is 6.62. The predicted molar refractivity (Wildman–Crippen MR) is 57.6 cm³/mol. The molecule has 0 bridgehead atoms. The lowest BCUT2D eigenvalue weighted by molar-refractivity contribution is 0.490. The molecule has 1 aromatic carbocycles. The highest BCUT2D eigenvalue weighted by Gasteiger charge is 2.22. The van der Waals surface area contributed by atoms with E-state index in [0.29, 0.717) is 6.54 Å². The molecule has 0 heterocycles. The second-order valence-electron chi connectivity index (χ2n) is 3.76. The standard InChI is InChI=1S/C12H16FN/c1-3-8-12(2,9-14)10-4-6-11(13)7-5-10/h3-7H,1,8-9,14H2,2H3. The fourth-order valence-corrected chi connectivity index (χ4v) is 1.49. The van der Waals surface area contributed by atoms with Gasteiger partial charge in [0.1, 0.15) is 5.82 Å². The zero-order valence-electron chi connectivity index (χ0n) is 8.46. The third-order valence-corrected chi connectivity index (χ3v) is 2.59. The van der Waals surface area contributed by atoms with Crippen LogP contribution >= 0.6 is 0 Å². The molecule has 1 atom stereocenters. The first-order valence-electron chi connectivity index (χ1n) is 4.69. The Morgan fingerprint density at radius 3 is 2.43 bits per heavy atom. The third kappa shape index (κ3) is 2.20. The predicted octanol–water partition coefficient (Wildman–Crippen LogP) is 2.62. The van der Waals surface area contributed by atoms with E-state index in [2.05, 4.69) is 13.5 Å². The minimum absolute atomic E-state index is 0.130. The molecule has 0 amide bonds. The molecule has 0 aliphatic rings. The fourth-order valence-electron chi connectivity index (χ4n) is 1.49. The highest BCUT2D eigenvalue weighted by atomic mass is 19.1. The van der Waals surface area contributed by atoms with Gasteiger partial charge in [0.25, 0.3) is 0 Å². The van der Waals surface area contributed by atoms with Crippen LogP contribution in [0.3, 0.4) is 0 Å². The first kappa shape index (κ1) is 10.9. The number of hydrogen-bond acceptors (Lipinski definition) is 1. The number of hydrogen-bond donors (Lipinski definition) is 1. The fraction of sp³-hybridized carbons (Fsp3) is 0.333. The quantitative estimate of drug-likeness (QED) is 0.731. The molecule has 1 unspecified atom stereocenters. The molecule has 14 heavy (non-hydrogen) atoms. The summed E-state index contributed by atoms with van der Waals surface area (Å²) in [6.07, 6.45) is 2.64. The van der Waals surface area contributed by atoms with Crippen molar-refractivity contribution in [2.45, 2.75) is 18.8 Å². The summed E-state index contributed by atoms with van der Waals surface area (Å²) in [6, 6.07) is 6.50. The third-order valence-electron chi connectivity index (χ3n) is 2.59. The van der Waals surface area contributed by atoms with Crippen LogP contribution in [0.1, 0.15) is 18.9 Å². The number of halogens is 1. The van der Waals surface area contributed by atoms with Crippen LogP contribution in [-0.2, 0) is 5.41 Å². The van der Waals surface area contributed by atoms with Gasteiger partial charge in [0, 0.05) is 12.0 Å². The second kappa shape index (κ2) is 4.38. The van der Waals surface area contributed by atoms with E-state index in [4.69, 9.17) is 5.73 Å². The summed E-state index contributed by atoms with van der Waals surface area (Å²) in [6.45, 7) is 6.30. The van der Waals surface area contributed by atoms with E-state index in [1.54, 1.807) is 12.1 Å². The summed E-state index contributed by atoms with van der Waals surface area (Å²) in [5.41, 5.74) is 6.65. The average Bonchev–Trinajstić information content (AvgIpc) is 2.19. The summed E-state index contributed by atoms with van der Waals surface area (Å²) in [5, 5.41) is 0. The summed E-state index contributed by atoms with van der Waals surface area (Å²) < 4.78 is 12.7. The van der Waals surface area contributed by atoms with Crippen LogP contribution in [0.15, 0.2) is 36.9 Å². The molecule has 0 spiro atoms. The molecule has 0 fully saturated rings. The first-order valence-corrected chi connectivity index (χ1v) is 4.69. The molecule has 2 N–H and O–H groups in total. The van der Waals surface area contributed by atoms with Crippen molar-refractivity contribution >= 4 is 0 Å². The van der Waals surface area contributed by atoms with E-state index >= 15 is 0 Å². The summed E-state index contributed by atoms with van der Waals surface area (Å²) in [7, 11) is 0. The van der Waals surface area contributed by atoms with Crippen molar-refractivity contribution in [2.75, 3.05) is 6.54 Å². The van der Waals surface area contributed by atoms with E-state index in [-0.39, 0.29) is 11.2 Å². The number of rotatable bonds is 4. The Bertz CT molecular complexity index is 305. The van der Waals surface area contributed by atoms with Gasteiger partial charge in [0.05, 0.1) is 0 Å². The molecule has 0 saturated carbocycles. The Morgan fingerprint density at radius 2 is 2.00 bits per heavy atom. The van der Waals surface area contributed by atoms with Crippen molar-refractivity contribution in [1.82, 2.24) is 0 Å². The van der Waals surface area contributed by atoms with Gasteiger partial charge in [-0.05, 0) is 24.1 Å². The number of nitrogens with two attached hydrogens (primary N) is 1. The molecule has 0 radical (unpaired) electrons. The number of benzene rings is 1. The van der Waals surface area contributed by atoms with Crippen LogP contribution in [0.25, 0.3) is 0 Å². The molecule has 0 aliphatic carbocycles. The van der Waals surface area contributed by atoms with Crippen molar-refractivity contribution < 1.29 is 4.39 Å². The maximum absolute atomic E-state index is 12.7. The van der Waals surface area contributed by atoms with Gasteiger partial charge in [-0.2, -0.15) is 0 Å². The van der Waals surface area contributed by atoms with E-state index < -0.39 is 0 Å². The topological polar surface area (TPSA) is 26.0 Å². The minimum atomic E-state index is -0.216. The lowest BCUT2D eigenvalue weighted by atomic mass is 9.80. The van der Waals surface area contributed by atoms with E-state index in [0.717, 1.165) is 12.0 Å². The van der Waals surface area contributed by atoms with Gasteiger partial charge >= 0.3 is 0 Å². The summed E-state index contributed by atoms with van der Waals surface area (Å²) in [4.78, 5) is 0. The van der Waals surface area contributed by atoms with Gasteiger partial charge in [0.15, 0.2) is 0 Å². The normalized spacial score (nSPS) is 14.8. The van der Waals surface area contributed by atoms with Crippen molar-refractivity contribution in [1.29, 1.82) is 0 Å². The lowest BCUT2D eigenvalue weighted by Crippen LogP contribution is -2.31.